The van der Waals surface area contributed by atoms with Crippen LogP contribution in [0.3, 0.4) is 0 Å². The Balaban J connectivity index is 2.23. The second-order valence-corrected chi connectivity index (χ2v) is 5.44. The zero-order valence-electron chi connectivity index (χ0n) is 11.9. The molecule has 0 aliphatic carbocycles. The van der Waals surface area contributed by atoms with E-state index < -0.39 is 5.63 Å². The fourth-order valence-electron chi connectivity index (χ4n) is 2.15. The maximum atomic E-state index is 12.4. The van der Waals surface area contributed by atoms with Gasteiger partial charge in [0.05, 0.1) is 24.5 Å². The Morgan fingerprint density at radius 1 is 1.18 bits per heavy atom. The molecular formula is C16H12O5S. The summed E-state index contributed by atoms with van der Waals surface area (Å²) in [4.78, 5) is 25.0. The first kappa shape index (κ1) is 14.3. The summed E-state index contributed by atoms with van der Waals surface area (Å²) in [6.45, 7) is 0. The highest BCUT2D eigenvalue weighted by Crippen LogP contribution is 2.31. The van der Waals surface area contributed by atoms with Gasteiger partial charge in [-0.05, 0) is 17.5 Å². The van der Waals surface area contributed by atoms with Gasteiger partial charge in [0.2, 0.25) is 5.78 Å². The van der Waals surface area contributed by atoms with Crippen molar-refractivity contribution >= 4 is 28.1 Å². The van der Waals surface area contributed by atoms with Crippen LogP contribution in [0.5, 0.6) is 11.5 Å². The smallest absolute Gasteiger partial charge is 0.347 e. The molecule has 0 fully saturated rings. The predicted molar refractivity (Wildman–Crippen MR) is 83.3 cm³/mol. The summed E-state index contributed by atoms with van der Waals surface area (Å²) in [6, 6.07) is 8.18. The Morgan fingerprint density at radius 2 is 2.00 bits per heavy atom. The molecule has 0 N–H and O–H groups in total. The van der Waals surface area contributed by atoms with E-state index in [0.29, 0.717) is 27.3 Å². The number of benzene rings is 1. The first-order valence-corrected chi connectivity index (χ1v) is 7.30. The fraction of sp³-hybridized carbons (Fsp3) is 0.125. The van der Waals surface area contributed by atoms with Crippen LogP contribution in [0.1, 0.15) is 15.2 Å². The van der Waals surface area contributed by atoms with Gasteiger partial charge in [-0.1, -0.05) is 6.07 Å². The topological polar surface area (TPSA) is 65.7 Å². The maximum Gasteiger partial charge on any atom is 0.347 e. The number of thiophene rings is 1. The number of carbonyl (C=O) groups excluding carboxylic acids is 1. The molecule has 2 aromatic heterocycles. The number of carbonyl (C=O) groups is 1. The van der Waals surface area contributed by atoms with Crippen LogP contribution in [-0.2, 0) is 0 Å². The molecule has 0 bridgehead atoms. The van der Waals surface area contributed by atoms with Crippen molar-refractivity contribution in [3.05, 3.63) is 56.6 Å². The minimum Gasteiger partial charge on any atom is -0.496 e. The summed E-state index contributed by atoms with van der Waals surface area (Å²) in [5, 5.41) is 2.32. The van der Waals surface area contributed by atoms with Crippen LogP contribution in [-0.4, -0.2) is 20.0 Å². The number of hydrogen-bond acceptors (Lipinski definition) is 6. The summed E-state index contributed by atoms with van der Waals surface area (Å²) in [5.41, 5.74) is -0.386. The Labute approximate surface area is 129 Å². The van der Waals surface area contributed by atoms with Crippen molar-refractivity contribution in [3.63, 3.8) is 0 Å². The SMILES string of the molecule is COc1cc(OC)c2cc(C(=O)c3cccs3)c(=O)oc2c1. The van der Waals surface area contributed by atoms with Crippen molar-refractivity contribution in [2.24, 2.45) is 0 Å². The molecule has 6 heteroatoms. The van der Waals surface area contributed by atoms with E-state index >= 15 is 0 Å². The summed E-state index contributed by atoms with van der Waals surface area (Å²) >= 11 is 1.27. The summed E-state index contributed by atoms with van der Waals surface area (Å²) in [5.74, 6) is 0.617. The van der Waals surface area contributed by atoms with Crippen molar-refractivity contribution in [2.45, 2.75) is 0 Å². The van der Waals surface area contributed by atoms with Gasteiger partial charge in [-0.25, -0.2) is 4.79 Å². The lowest BCUT2D eigenvalue weighted by atomic mass is 10.1. The van der Waals surface area contributed by atoms with Gasteiger partial charge >= 0.3 is 5.63 Å². The third-order valence-corrected chi connectivity index (χ3v) is 4.10. The molecule has 0 spiro atoms. The quantitative estimate of drug-likeness (QED) is 0.546. The van der Waals surface area contributed by atoms with E-state index in [1.54, 1.807) is 29.6 Å². The van der Waals surface area contributed by atoms with E-state index in [0.717, 1.165) is 0 Å². The zero-order chi connectivity index (χ0) is 15.7. The second kappa shape index (κ2) is 5.65. The van der Waals surface area contributed by atoms with Crippen molar-refractivity contribution in [1.29, 1.82) is 0 Å². The maximum absolute atomic E-state index is 12.4. The van der Waals surface area contributed by atoms with E-state index in [9.17, 15) is 9.59 Å². The standard InChI is InChI=1S/C16H12O5S/c1-19-9-6-12(20-2)10-8-11(16(18)21-13(10)7-9)15(17)14-4-3-5-22-14/h3-8H,1-2H3. The van der Waals surface area contributed by atoms with Crippen LogP contribution in [0, 0.1) is 0 Å². The molecule has 0 saturated heterocycles. The third-order valence-electron chi connectivity index (χ3n) is 3.23. The van der Waals surface area contributed by atoms with Gasteiger partial charge in [0.15, 0.2) is 0 Å². The molecule has 0 atom stereocenters. The van der Waals surface area contributed by atoms with Crippen molar-refractivity contribution < 1.29 is 18.7 Å². The Hall–Kier alpha value is -2.60. The summed E-state index contributed by atoms with van der Waals surface area (Å²) in [6.07, 6.45) is 0. The van der Waals surface area contributed by atoms with Crippen molar-refractivity contribution in [1.82, 2.24) is 0 Å². The van der Waals surface area contributed by atoms with Gasteiger partial charge in [-0.3, -0.25) is 4.79 Å². The lowest BCUT2D eigenvalue weighted by Crippen LogP contribution is -2.14. The number of ether oxygens (including phenoxy) is 2. The van der Waals surface area contributed by atoms with Crippen LogP contribution in [0.15, 0.2) is 44.9 Å². The second-order valence-electron chi connectivity index (χ2n) is 4.50. The van der Waals surface area contributed by atoms with Gasteiger partial charge in [0.1, 0.15) is 22.6 Å². The summed E-state index contributed by atoms with van der Waals surface area (Å²) in [7, 11) is 3.01. The van der Waals surface area contributed by atoms with E-state index in [1.807, 2.05) is 0 Å². The largest absolute Gasteiger partial charge is 0.496 e. The molecule has 5 nitrogen and oxygen atoms in total. The molecule has 3 rings (SSSR count). The molecule has 1 aromatic carbocycles. The monoisotopic (exact) mass is 316 g/mol. The molecule has 22 heavy (non-hydrogen) atoms. The number of methoxy groups -OCH3 is 2. The van der Waals surface area contributed by atoms with E-state index in [4.69, 9.17) is 13.9 Å². The highest BCUT2D eigenvalue weighted by atomic mass is 32.1. The zero-order valence-corrected chi connectivity index (χ0v) is 12.7. The van der Waals surface area contributed by atoms with Crippen molar-refractivity contribution in [2.75, 3.05) is 14.2 Å². The van der Waals surface area contributed by atoms with Crippen LogP contribution in [0.4, 0.5) is 0 Å². The van der Waals surface area contributed by atoms with Crippen LogP contribution >= 0.6 is 11.3 Å². The molecule has 3 aromatic rings. The van der Waals surface area contributed by atoms with E-state index in [2.05, 4.69) is 0 Å². The Morgan fingerprint density at radius 3 is 2.64 bits per heavy atom. The van der Waals surface area contributed by atoms with E-state index in [-0.39, 0.29) is 11.3 Å². The molecule has 112 valence electrons. The first-order valence-electron chi connectivity index (χ1n) is 6.42. The predicted octanol–water partition coefficient (Wildman–Crippen LogP) is 3.10. The van der Waals surface area contributed by atoms with Crippen molar-refractivity contribution in [3.8, 4) is 11.5 Å². The number of rotatable bonds is 4. The molecule has 0 unspecified atom stereocenters. The van der Waals surface area contributed by atoms with E-state index in [1.165, 1.54) is 31.6 Å². The van der Waals surface area contributed by atoms with Crippen LogP contribution in [0.25, 0.3) is 11.0 Å². The molecule has 2 heterocycles. The molecular weight excluding hydrogens is 304 g/mol. The lowest BCUT2D eigenvalue weighted by Gasteiger charge is -2.08. The minimum absolute atomic E-state index is 0.0154. The normalized spacial score (nSPS) is 10.6. The van der Waals surface area contributed by atoms with Gasteiger partial charge in [0, 0.05) is 12.1 Å². The summed E-state index contributed by atoms with van der Waals surface area (Å²) < 4.78 is 15.7. The van der Waals surface area contributed by atoms with Gasteiger partial charge in [-0.2, -0.15) is 0 Å². The molecule has 0 aliphatic rings. The Kier molecular flexibility index (Phi) is 3.68. The average molecular weight is 316 g/mol. The number of ketones is 1. The van der Waals surface area contributed by atoms with Gasteiger partial charge in [0.25, 0.3) is 0 Å². The third kappa shape index (κ3) is 2.37. The van der Waals surface area contributed by atoms with Crippen LogP contribution in [0.2, 0.25) is 0 Å². The molecule has 0 amide bonds. The number of hydrogen-bond donors (Lipinski definition) is 0. The molecule has 0 radical (unpaired) electrons. The van der Waals surface area contributed by atoms with Gasteiger partial charge < -0.3 is 13.9 Å². The first-order chi connectivity index (χ1) is 10.6. The molecule has 0 aliphatic heterocycles. The fourth-order valence-corrected chi connectivity index (χ4v) is 2.83. The average Bonchev–Trinajstić information content (AvgIpc) is 3.06. The highest BCUT2D eigenvalue weighted by molar-refractivity contribution is 7.12. The highest BCUT2D eigenvalue weighted by Gasteiger charge is 2.18. The lowest BCUT2D eigenvalue weighted by molar-refractivity contribution is 0.103. The Bertz CT molecular complexity index is 893. The molecule has 0 saturated carbocycles. The van der Waals surface area contributed by atoms with Gasteiger partial charge in [-0.15, -0.1) is 11.3 Å². The number of fused-ring (bicyclic) bond motifs is 1. The minimum atomic E-state index is -0.679. The van der Waals surface area contributed by atoms with Crippen LogP contribution < -0.4 is 15.1 Å².